The predicted octanol–water partition coefficient (Wildman–Crippen LogP) is 1.63. The molecule has 0 unspecified atom stereocenters. The maximum Gasteiger partial charge on any atom is 0.122 e. The first-order valence-corrected chi connectivity index (χ1v) is 4.64. The molecule has 3 nitrogen and oxygen atoms in total. The molecule has 0 spiro atoms. The lowest BCUT2D eigenvalue weighted by molar-refractivity contribution is 0.287. The molecule has 1 aromatic rings. The second-order valence-electron chi connectivity index (χ2n) is 2.93. The largest absolute Gasteiger partial charge is 0.497 e. The number of methoxy groups -OCH3 is 1. The van der Waals surface area contributed by atoms with Gasteiger partial charge in [-0.2, -0.15) is 0 Å². The van der Waals surface area contributed by atoms with Gasteiger partial charge in [0.1, 0.15) is 11.5 Å². The van der Waals surface area contributed by atoms with Crippen molar-refractivity contribution in [1.29, 1.82) is 0 Å². The van der Waals surface area contributed by atoms with Crippen LogP contribution in [0.25, 0.3) is 0 Å². The third-order valence-corrected chi connectivity index (χ3v) is 2.12. The maximum atomic E-state index is 7.00. The van der Waals surface area contributed by atoms with E-state index in [1.165, 1.54) is 5.56 Å². The third kappa shape index (κ3) is 2.39. The highest BCUT2D eigenvalue weighted by Gasteiger charge is 2.09. The first-order valence-electron chi connectivity index (χ1n) is 4.64. The fourth-order valence-electron chi connectivity index (χ4n) is 1.46. The normalized spacial score (nSPS) is 13.1. The molecule has 2 rings (SSSR count). The highest BCUT2D eigenvalue weighted by molar-refractivity contribution is 5.41. The summed E-state index contributed by atoms with van der Waals surface area (Å²) in [7, 11) is 2.69. The van der Waals surface area contributed by atoms with E-state index in [0.717, 1.165) is 38.1 Å². The molecule has 0 saturated heterocycles. The van der Waals surface area contributed by atoms with E-state index in [-0.39, 0.29) is 0 Å². The average molecular weight is 196 g/mol. The van der Waals surface area contributed by atoms with E-state index in [2.05, 4.69) is 6.07 Å². The molecule has 0 aromatic heterocycles. The van der Waals surface area contributed by atoms with Gasteiger partial charge in [-0.15, -0.1) is 0 Å². The van der Waals surface area contributed by atoms with Crippen molar-refractivity contribution >= 4 is 0 Å². The first kappa shape index (κ1) is 10.9. The van der Waals surface area contributed by atoms with Crippen LogP contribution < -0.4 is 9.47 Å². The van der Waals surface area contributed by atoms with Gasteiger partial charge in [0.15, 0.2) is 0 Å². The van der Waals surface area contributed by atoms with Gasteiger partial charge in [0.05, 0.1) is 13.7 Å². The number of aliphatic hydroxyl groups is 1. The summed E-state index contributed by atoms with van der Waals surface area (Å²) in [6.45, 7) is 0.847. The van der Waals surface area contributed by atoms with Crippen LogP contribution in [-0.4, -0.2) is 25.9 Å². The molecule has 1 heterocycles. The van der Waals surface area contributed by atoms with Crippen molar-refractivity contribution in [2.45, 2.75) is 12.8 Å². The molecule has 3 heteroatoms. The zero-order chi connectivity index (χ0) is 10.4. The Labute approximate surface area is 84.3 Å². The van der Waals surface area contributed by atoms with Crippen LogP contribution in [-0.2, 0) is 6.42 Å². The van der Waals surface area contributed by atoms with Gasteiger partial charge in [-0.3, -0.25) is 0 Å². The fraction of sp³-hybridized carbons (Fsp3) is 0.455. The number of hydrogen-bond donors (Lipinski definition) is 1. The SMILES string of the molecule is CO.COc1ccc2c(c1)CCCO2. The minimum Gasteiger partial charge on any atom is -0.497 e. The van der Waals surface area contributed by atoms with Crippen molar-refractivity contribution in [1.82, 2.24) is 0 Å². The van der Waals surface area contributed by atoms with Crippen molar-refractivity contribution < 1.29 is 14.6 Å². The van der Waals surface area contributed by atoms with Crippen molar-refractivity contribution in [3.63, 3.8) is 0 Å². The van der Waals surface area contributed by atoms with Crippen molar-refractivity contribution in [2.75, 3.05) is 20.8 Å². The van der Waals surface area contributed by atoms with Crippen LogP contribution in [0.2, 0.25) is 0 Å². The van der Waals surface area contributed by atoms with Gasteiger partial charge in [-0.1, -0.05) is 0 Å². The van der Waals surface area contributed by atoms with Crippen LogP contribution in [0, 0.1) is 0 Å². The molecule has 0 bridgehead atoms. The second-order valence-corrected chi connectivity index (χ2v) is 2.93. The summed E-state index contributed by atoms with van der Waals surface area (Å²) in [5, 5.41) is 7.00. The van der Waals surface area contributed by atoms with Crippen molar-refractivity contribution in [2.24, 2.45) is 0 Å². The molecule has 1 N–H and O–H groups in total. The lowest BCUT2D eigenvalue weighted by Gasteiger charge is -2.17. The minimum atomic E-state index is 0.847. The molecule has 78 valence electrons. The summed E-state index contributed by atoms with van der Waals surface area (Å²) in [6.07, 6.45) is 2.21. The number of rotatable bonds is 1. The number of fused-ring (bicyclic) bond motifs is 1. The van der Waals surface area contributed by atoms with E-state index in [1.807, 2.05) is 12.1 Å². The smallest absolute Gasteiger partial charge is 0.122 e. The molecule has 0 fully saturated rings. The van der Waals surface area contributed by atoms with Gasteiger partial charge in [-0.05, 0) is 36.6 Å². The lowest BCUT2D eigenvalue weighted by atomic mass is 10.1. The zero-order valence-electron chi connectivity index (χ0n) is 8.62. The third-order valence-electron chi connectivity index (χ3n) is 2.12. The molecule has 0 amide bonds. The Kier molecular flexibility index (Phi) is 4.26. The Morgan fingerprint density at radius 2 is 2.14 bits per heavy atom. The van der Waals surface area contributed by atoms with E-state index in [0.29, 0.717) is 0 Å². The number of hydrogen-bond acceptors (Lipinski definition) is 3. The van der Waals surface area contributed by atoms with Crippen LogP contribution in [0.1, 0.15) is 12.0 Å². The van der Waals surface area contributed by atoms with Crippen molar-refractivity contribution in [3.05, 3.63) is 23.8 Å². The Balaban J connectivity index is 0.000000461. The van der Waals surface area contributed by atoms with Gasteiger partial charge in [-0.25, -0.2) is 0 Å². The molecule has 14 heavy (non-hydrogen) atoms. The Morgan fingerprint density at radius 3 is 2.86 bits per heavy atom. The minimum absolute atomic E-state index is 0.847. The van der Waals surface area contributed by atoms with Gasteiger partial charge in [0.2, 0.25) is 0 Å². The average Bonchev–Trinajstić information content (AvgIpc) is 2.31. The van der Waals surface area contributed by atoms with Gasteiger partial charge < -0.3 is 14.6 Å². The molecular formula is C11H16O3. The molecule has 1 aliphatic heterocycles. The summed E-state index contributed by atoms with van der Waals surface area (Å²) in [4.78, 5) is 0. The summed E-state index contributed by atoms with van der Waals surface area (Å²) < 4.78 is 10.6. The molecule has 0 radical (unpaired) electrons. The molecule has 0 aliphatic carbocycles. The Hall–Kier alpha value is -1.22. The molecule has 1 aromatic carbocycles. The van der Waals surface area contributed by atoms with E-state index in [1.54, 1.807) is 7.11 Å². The maximum absolute atomic E-state index is 7.00. The highest BCUT2D eigenvalue weighted by Crippen LogP contribution is 2.28. The van der Waals surface area contributed by atoms with Crippen LogP contribution in [0.4, 0.5) is 0 Å². The fourth-order valence-corrected chi connectivity index (χ4v) is 1.46. The summed E-state index contributed by atoms with van der Waals surface area (Å²) >= 11 is 0. The number of aryl methyl sites for hydroxylation is 1. The van der Waals surface area contributed by atoms with Crippen LogP contribution in [0.3, 0.4) is 0 Å². The highest BCUT2D eigenvalue weighted by atomic mass is 16.5. The quantitative estimate of drug-likeness (QED) is 0.742. The molecule has 1 aliphatic rings. The van der Waals surface area contributed by atoms with Gasteiger partial charge >= 0.3 is 0 Å². The predicted molar refractivity (Wildman–Crippen MR) is 55.0 cm³/mol. The van der Waals surface area contributed by atoms with Gasteiger partial charge in [0, 0.05) is 7.11 Å². The van der Waals surface area contributed by atoms with E-state index in [9.17, 15) is 0 Å². The first-order chi connectivity index (χ1) is 6.90. The number of benzene rings is 1. The van der Waals surface area contributed by atoms with Crippen LogP contribution in [0.5, 0.6) is 11.5 Å². The summed E-state index contributed by atoms with van der Waals surface area (Å²) in [6, 6.07) is 5.96. The number of ether oxygens (including phenoxy) is 2. The van der Waals surface area contributed by atoms with Gasteiger partial charge in [0.25, 0.3) is 0 Å². The Morgan fingerprint density at radius 1 is 1.36 bits per heavy atom. The monoisotopic (exact) mass is 196 g/mol. The van der Waals surface area contributed by atoms with E-state index in [4.69, 9.17) is 14.6 Å². The van der Waals surface area contributed by atoms with E-state index >= 15 is 0 Å². The summed E-state index contributed by atoms with van der Waals surface area (Å²) in [5.74, 6) is 1.93. The molecule has 0 saturated carbocycles. The zero-order valence-corrected chi connectivity index (χ0v) is 8.62. The number of aliphatic hydroxyl groups excluding tert-OH is 1. The topological polar surface area (TPSA) is 38.7 Å². The molecular weight excluding hydrogens is 180 g/mol. The standard InChI is InChI=1S/C10H12O2.CH4O/c1-11-9-4-5-10-8(7-9)3-2-6-12-10;1-2/h4-5,7H,2-3,6H2,1H3;2H,1H3. The Bertz CT molecular complexity index is 284. The molecule has 0 atom stereocenters. The van der Waals surface area contributed by atoms with Crippen LogP contribution >= 0.6 is 0 Å². The summed E-state index contributed by atoms with van der Waals surface area (Å²) in [5.41, 5.74) is 1.26. The van der Waals surface area contributed by atoms with E-state index < -0.39 is 0 Å². The van der Waals surface area contributed by atoms with Crippen LogP contribution in [0.15, 0.2) is 18.2 Å². The van der Waals surface area contributed by atoms with Crippen molar-refractivity contribution in [3.8, 4) is 11.5 Å². The second kappa shape index (κ2) is 5.50. The lowest BCUT2D eigenvalue weighted by Crippen LogP contribution is -2.07.